The van der Waals surface area contributed by atoms with Gasteiger partial charge in [-0.25, -0.2) is 4.79 Å². The van der Waals surface area contributed by atoms with Gasteiger partial charge in [0.2, 0.25) is 5.79 Å². The smallest absolute Gasteiger partial charge is 0.336 e. The summed E-state index contributed by atoms with van der Waals surface area (Å²) in [4.78, 5) is 13.6. The number of esters is 1. The molecule has 1 fully saturated rings. The molecule has 0 radical (unpaired) electrons. The van der Waals surface area contributed by atoms with E-state index in [9.17, 15) is 4.79 Å². The Hall–Kier alpha value is -2.47. The van der Waals surface area contributed by atoms with E-state index in [0.717, 1.165) is 5.69 Å². The van der Waals surface area contributed by atoms with Crippen LogP contribution in [0, 0.1) is 0 Å². The first-order valence-corrected chi connectivity index (χ1v) is 16.4. The second-order valence-electron chi connectivity index (χ2n) is 11.4. The molecule has 1 saturated heterocycles. The molecular weight excluding hydrogens is 530 g/mol. The standard InChI is InChI=1S/C30H45NO8Si/c1-29(2,3)40(8,9)39-26(28(32)36-7)27(31-22-15-17-23(35-6)18-16-22)30(21-13-11-10-12-14-21)37-24(19-33-4)25(38-30)20-34-5/h10-18,24-27,31H,19-20H2,1-9H3/t24-,25-,26-,27-/m0/s1. The summed E-state index contributed by atoms with van der Waals surface area (Å²) < 4.78 is 42.2. The molecule has 4 atom stereocenters. The maximum Gasteiger partial charge on any atom is 0.336 e. The van der Waals surface area contributed by atoms with Gasteiger partial charge < -0.3 is 38.2 Å². The second kappa shape index (κ2) is 13.5. The maximum absolute atomic E-state index is 13.6. The quantitative estimate of drug-likeness (QED) is 0.262. The van der Waals surface area contributed by atoms with E-state index >= 15 is 0 Å². The highest BCUT2D eigenvalue weighted by atomic mass is 28.4. The minimum Gasteiger partial charge on any atom is -0.497 e. The first kappa shape index (κ1) is 32.0. The van der Waals surface area contributed by atoms with Crippen molar-refractivity contribution >= 4 is 20.0 Å². The molecule has 1 heterocycles. The highest BCUT2D eigenvalue weighted by Crippen LogP contribution is 2.46. The number of hydrogen-bond acceptors (Lipinski definition) is 9. The molecule has 222 valence electrons. The first-order valence-electron chi connectivity index (χ1n) is 13.5. The normalized spacial score (nSPS) is 20.5. The van der Waals surface area contributed by atoms with Gasteiger partial charge in [0, 0.05) is 25.5 Å². The monoisotopic (exact) mass is 575 g/mol. The molecule has 0 saturated carbocycles. The van der Waals surface area contributed by atoms with E-state index in [2.05, 4.69) is 39.2 Å². The fraction of sp³-hybridized carbons (Fsp3) is 0.567. The van der Waals surface area contributed by atoms with Crippen molar-refractivity contribution in [1.82, 2.24) is 0 Å². The third kappa shape index (κ3) is 7.05. The van der Waals surface area contributed by atoms with Crippen molar-refractivity contribution in [2.75, 3.05) is 47.0 Å². The van der Waals surface area contributed by atoms with Crippen molar-refractivity contribution in [1.29, 1.82) is 0 Å². The van der Waals surface area contributed by atoms with Gasteiger partial charge in [0.15, 0.2) is 14.4 Å². The lowest BCUT2D eigenvalue weighted by Crippen LogP contribution is -2.60. The first-order chi connectivity index (χ1) is 18.9. The van der Waals surface area contributed by atoms with E-state index in [1.54, 1.807) is 21.3 Å². The molecule has 40 heavy (non-hydrogen) atoms. The molecule has 0 amide bonds. The lowest BCUT2D eigenvalue weighted by atomic mass is 9.92. The average Bonchev–Trinajstić information content (AvgIpc) is 3.29. The lowest BCUT2D eigenvalue weighted by Gasteiger charge is -2.45. The molecule has 1 aliphatic rings. The number of nitrogens with one attached hydrogen (secondary N) is 1. The zero-order valence-corrected chi connectivity index (χ0v) is 26.2. The van der Waals surface area contributed by atoms with Crippen LogP contribution in [0.4, 0.5) is 5.69 Å². The van der Waals surface area contributed by atoms with Crippen molar-refractivity contribution in [2.24, 2.45) is 0 Å². The summed E-state index contributed by atoms with van der Waals surface area (Å²) in [5.41, 5.74) is 1.44. The van der Waals surface area contributed by atoms with Crippen molar-refractivity contribution in [3.05, 3.63) is 60.2 Å². The Balaban J connectivity index is 2.25. The highest BCUT2D eigenvalue weighted by molar-refractivity contribution is 6.74. The zero-order valence-electron chi connectivity index (χ0n) is 25.2. The molecule has 0 aliphatic carbocycles. The Morgan fingerprint density at radius 2 is 1.48 bits per heavy atom. The van der Waals surface area contributed by atoms with Crippen molar-refractivity contribution in [2.45, 2.75) is 69.0 Å². The van der Waals surface area contributed by atoms with Gasteiger partial charge in [0.1, 0.15) is 24.0 Å². The average molecular weight is 576 g/mol. The van der Waals surface area contributed by atoms with Crippen LogP contribution in [0.5, 0.6) is 5.75 Å². The predicted molar refractivity (Wildman–Crippen MR) is 156 cm³/mol. The molecule has 0 unspecified atom stereocenters. The zero-order chi connectivity index (χ0) is 29.6. The van der Waals surface area contributed by atoms with Gasteiger partial charge >= 0.3 is 5.97 Å². The fourth-order valence-corrected chi connectivity index (χ4v) is 5.69. The number of benzene rings is 2. The van der Waals surface area contributed by atoms with Gasteiger partial charge in [-0.1, -0.05) is 51.1 Å². The minimum atomic E-state index is -2.51. The number of carbonyl (C=O) groups is 1. The third-order valence-electron chi connectivity index (χ3n) is 7.69. The minimum absolute atomic E-state index is 0.182. The Bertz CT molecular complexity index is 1060. The van der Waals surface area contributed by atoms with E-state index in [1.165, 1.54) is 7.11 Å². The Kier molecular flexibility index (Phi) is 10.8. The van der Waals surface area contributed by atoms with Crippen molar-refractivity contribution in [3.8, 4) is 5.75 Å². The molecule has 0 aromatic heterocycles. The van der Waals surface area contributed by atoms with Gasteiger partial charge in [-0.3, -0.25) is 0 Å². The van der Waals surface area contributed by atoms with Gasteiger partial charge in [0.25, 0.3) is 0 Å². The Morgan fingerprint density at radius 3 is 1.93 bits per heavy atom. The Labute approximate surface area is 239 Å². The van der Waals surface area contributed by atoms with E-state index < -0.39 is 44.4 Å². The summed E-state index contributed by atoms with van der Waals surface area (Å²) >= 11 is 0. The number of ether oxygens (including phenoxy) is 6. The molecule has 0 bridgehead atoms. The van der Waals surface area contributed by atoms with Crippen LogP contribution in [0.2, 0.25) is 18.1 Å². The molecule has 1 aliphatic heterocycles. The lowest BCUT2D eigenvalue weighted by molar-refractivity contribution is -0.216. The van der Waals surface area contributed by atoms with Gasteiger partial charge in [-0.2, -0.15) is 0 Å². The van der Waals surface area contributed by atoms with Crippen LogP contribution in [-0.2, 0) is 38.7 Å². The number of hydrogen-bond donors (Lipinski definition) is 1. The summed E-state index contributed by atoms with van der Waals surface area (Å²) in [7, 11) is 3.69. The van der Waals surface area contributed by atoms with E-state index in [4.69, 9.17) is 32.8 Å². The van der Waals surface area contributed by atoms with Crippen LogP contribution in [0.25, 0.3) is 0 Å². The summed E-state index contributed by atoms with van der Waals surface area (Å²) in [6.07, 6.45) is -2.04. The topological polar surface area (TPSA) is 93.7 Å². The summed E-state index contributed by atoms with van der Waals surface area (Å²) in [5, 5.41) is 3.35. The molecular formula is C30H45NO8Si. The largest absolute Gasteiger partial charge is 0.497 e. The number of carbonyl (C=O) groups excluding carboxylic acids is 1. The molecule has 2 aromatic rings. The maximum atomic E-state index is 13.6. The van der Waals surface area contributed by atoms with Crippen LogP contribution in [0.3, 0.4) is 0 Å². The molecule has 1 N–H and O–H groups in total. The number of rotatable bonds is 13. The van der Waals surface area contributed by atoms with Crippen LogP contribution in [-0.4, -0.2) is 80.3 Å². The van der Waals surface area contributed by atoms with Crippen LogP contribution in [0.15, 0.2) is 54.6 Å². The summed E-state index contributed by atoms with van der Waals surface area (Å²) in [6, 6.07) is 16.1. The number of methoxy groups -OCH3 is 4. The van der Waals surface area contributed by atoms with Crippen molar-refractivity contribution in [3.63, 3.8) is 0 Å². The molecule has 2 aromatic carbocycles. The van der Waals surface area contributed by atoms with Crippen LogP contribution in [0.1, 0.15) is 26.3 Å². The van der Waals surface area contributed by atoms with Gasteiger partial charge in [0.05, 0.1) is 27.4 Å². The fourth-order valence-electron chi connectivity index (χ4n) is 4.47. The molecule has 3 rings (SSSR count). The number of anilines is 1. The summed E-state index contributed by atoms with van der Waals surface area (Å²) in [5.74, 6) is -1.29. The third-order valence-corrected chi connectivity index (χ3v) is 12.1. The van der Waals surface area contributed by atoms with Crippen LogP contribution < -0.4 is 10.1 Å². The van der Waals surface area contributed by atoms with Crippen molar-refractivity contribution < 1.29 is 37.6 Å². The van der Waals surface area contributed by atoms with E-state index in [0.29, 0.717) is 11.3 Å². The Morgan fingerprint density at radius 1 is 0.925 bits per heavy atom. The highest BCUT2D eigenvalue weighted by Gasteiger charge is 2.59. The summed E-state index contributed by atoms with van der Waals surface area (Å²) in [6.45, 7) is 11.1. The SMILES string of the molecule is COC[C@@H]1OC(c2ccccc2)([C@@H](Nc2ccc(OC)cc2)[C@H](O[Si](C)(C)C(C)(C)C)C(=O)OC)O[C@H]1COC. The predicted octanol–water partition coefficient (Wildman–Crippen LogP) is 4.97. The van der Waals surface area contributed by atoms with Crippen LogP contribution >= 0.6 is 0 Å². The molecule has 0 spiro atoms. The van der Waals surface area contributed by atoms with E-state index in [-0.39, 0.29) is 18.3 Å². The van der Waals surface area contributed by atoms with Gasteiger partial charge in [-0.15, -0.1) is 0 Å². The second-order valence-corrected chi connectivity index (χ2v) is 16.2. The molecule has 9 nitrogen and oxygen atoms in total. The molecule has 10 heteroatoms. The van der Waals surface area contributed by atoms with Gasteiger partial charge in [-0.05, 0) is 42.4 Å². The van der Waals surface area contributed by atoms with E-state index in [1.807, 2.05) is 54.6 Å².